The van der Waals surface area contributed by atoms with Gasteiger partial charge in [-0.3, -0.25) is 4.79 Å². The SMILES string of the molecule is CC(C)=C[C@@H]1[C@@H](C(=O)N2CCCC[C@H]2CNS(C)(=O)=O)C1(C)C. The van der Waals surface area contributed by atoms with Gasteiger partial charge in [-0.2, -0.15) is 0 Å². The van der Waals surface area contributed by atoms with Crippen molar-refractivity contribution in [2.75, 3.05) is 19.3 Å². The third kappa shape index (κ3) is 4.35. The van der Waals surface area contributed by atoms with Crippen molar-refractivity contribution in [3.63, 3.8) is 0 Å². The van der Waals surface area contributed by atoms with Crippen molar-refractivity contribution >= 4 is 15.9 Å². The van der Waals surface area contributed by atoms with Gasteiger partial charge in [0, 0.05) is 19.1 Å². The van der Waals surface area contributed by atoms with E-state index in [0.717, 1.165) is 32.1 Å². The van der Waals surface area contributed by atoms with E-state index in [0.29, 0.717) is 12.5 Å². The molecular formula is C17H30N2O3S. The fourth-order valence-electron chi connectivity index (χ4n) is 3.75. The molecule has 2 aliphatic rings. The molecule has 132 valence electrons. The van der Waals surface area contributed by atoms with Crippen LogP contribution in [-0.2, 0) is 14.8 Å². The van der Waals surface area contributed by atoms with Crippen molar-refractivity contribution in [1.82, 2.24) is 9.62 Å². The van der Waals surface area contributed by atoms with Crippen LogP contribution >= 0.6 is 0 Å². The largest absolute Gasteiger partial charge is 0.338 e. The summed E-state index contributed by atoms with van der Waals surface area (Å²) < 4.78 is 25.3. The number of sulfonamides is 1. The van der Waals surface area contributed by atoms with Gasteiger partial charge in [-0.25, -0.2) is 13.1 Å². The number of hydrogen-bond donors (Lipinski definition) is 1. The molecule has 0 aromatic rings. The molecule has 2 fully saturated rings. The molecule has 1 aliphatic carbocycles. The van der Waals surface area contributed by atoms with Gasteiger partial charge in [0.1, 0.15) is 0 Å². The summed E-state index contributed by atoms with van der Waals surface area (Å²) >= 11 is 0. The fourth-order valence-corrected chi connectivity index (χ4v) is 4.24. The van der Waals surface area contributed by atoms with Crippen molar-refractivity contribution in [2.24, 2.45) is 17.3 Å². The van der Waals surface area contributed by atoms with E-state index < -0.39 is 10.0 Å². The van der Waals surface area contributed by atoms with Crippen molar-refractivity contribution in [2.45, 2.75) is 53.0 Å². The van der Waals surface area contributed by atoms with Crippen LogP contribution in [0.4, 0.5) is 0 Å². The molecular weight excluding hydrogens is 312 g/mol. The first-order valence-electron chi connectivity index (χ1n) is 8.44. The average molecular weight is 343 g/mol. The van der Waals surface area contributed by atoms with Crippen molar-refractivity contribution < 1.29 is 13.2 Å². The smallest absolute Gasteiger partial charge is 0.227 e. The zero-order valence-corrected chi connectivity index (χ0v) is 15.7. The Bertz CT molecular complexity index is 591. The van der Waals surface area contributed by atoms with Gasteiger partial charge in [0.25, 0.3) is 0 Å². The first-order chi connectivity index (χ1) is 10.5. The first kappa shape index (κ1) is 18.5. The summed E-state index contributed by atoms with van der Waals surface area (Å²) in [6, 6.07) is -0.0188. The summed E-state index contributed by atoms with van der Waals surface area (Å²) in [6.45, 7) is 9.49. The molecule has 23 heavy (non-hydrogen) atoms. The van der Waals surface area contributed by atoms with Crippen LogP contribution in [0.3, 0.4) is 0 Å². The predicted octanol–water partition coefficient (Wildman–Crippen LogP) is 2.16. The lowest BCUT2D eigenvalue weighted by atomic mass is 10.0. The second kappa shape index (κ2) is 6.55. The number of amides is 1. The number of likely N-dealkylation sites (tertiary alicyclic amines) is 1. The maximum atomic E-state index is 13.0. The Morgan fingerprint density at radius 1 is 1.30 bits per heavy atom. The number of piperidine rings is 1. The molecule has 1 aliphatic heterocycles. The van der Waals surface area contributed by atoms with Crippen molar-refractivity contribution in [3.05, 3.63) is 11.6 Å². The Kier molecular flexibility index (Phi) is 5.26. The normalized spacial score (nSPS) is 30.0. The standard InChI is InChI=1S/C17H30N2O3S/c1-12(2)10-14-15(17(14,3)4)16(20)19-9-7-6-8-13(19)11-18-23(5,21)22/h10,13-15,18H,6-9,11H2,1-5H3/t13-,14+,15-/m0/s1. The Hall–Kier alpha value is -0.880. The zero-order valence-electron chi connectivity index (χ0n) is 14.9. The molecule has 0 aromatic carbocycles. The highest BCUT2D eigenvalue weighted by molar-refractivity contribution is 7.88. The first-order valence-corrected chi connectivity index (χ1v) is 10.3. The second-order valence-electron chi connectivity index (χ2n) is 7.87. The molecule has 1 amide bonds. The van der Waals surface area contributed by atoms with Gasteiger partial charge in [-0.05, 0) is 44.4 Å². The molecule has 1 N–H and O–H groups in total. The van der Waals surface area contributed by atoms with Crippen LogP contribution in [0, 0.1) is 17.3 Å². The van der Waals surface area contributed by atoms with Gasteiger partial charge in [0.15, 0.2) is 0 Å². The van der Waals surface area contributed by atoms with E-state index in [-0.39, 0.29) is 23.3 Å². The number of hydrogen-bond acceptors (Lipinski definition) is 3. The molecule has 0 radical (unpaired) electrons. The Morgan fingerprint density at radius 2 is 1.96 bits per heavy atom. The minimum Gasteiger partial charge on any atom is -0.338 e. The van der Waals surface area contributed by atoms with Crippen LogP contribution in [-0.4, -0.2) is 44.6 Å². The molecule has 5 nitrogen and oxygen atoms in total. The third-order valence-electron chi connectivity index (χ3n) is 5.18. The molecule has 1 saturated carbocycles. The minimum atomic E-state index is -3.22. The van der Waals surface area contributed by atoms with Gasteiger partial charge in [0.2, 0.25) is 15.9 Å². The van der Waals surface area contributed by atoms with E-state index in [4.69, 9.17) is 0 Å². The molecule has 2 rings (SSSR count). The lowest BCUT2D eigenvalue weighted by Gasteiger charge is -2.36. The van der Waals surface area contributed by atoms with Crippen LogP contribution in [0.2, 0.25) is 0 Å². The van der Waals surface area contributed by atoms with E-state index in [1.54, 1.807) is 0 Å². The van der Waals surface area contributed by atoms with Crippen LogP contribution < -0.4 is 4.72 Å². The van der Waals surface area contributed by atoms with Gasteiger partial charge in [0.05, 0.1) is 12.2 Å². The second-order valence-corrected chi connectivity index (χ2v) is 9.70. The Morgan fingerprint density at radius 3 is 2.52 bits per heavy atom. The van der Waals surface area contributed by atoms with E-state index in [1.807, 2.05) is 4.90 Å². The Balaban J connectivity index is 2.08. The van der Waals surface area contributed by atoms with Gasteiger partial charge < -0.3 is 4.90 Å². The molecule has 1 heterocycles. The van der Waals surface area contributed by atoms with Crippen LogP contribution in [0.1, 0.15) is 47.0 Å². The lowest BCUT2D eigenvalue weighted by Crippen LogP contribution is -2.50. The lowest BCUT2D eigenvalue weighted by molar-refractivity contribution is -0.137. The highest BCUT2D eigenvalue weighted by Crippen LogP contribution is 2.60. The monoisotopic (exact) mass is 342 g/mol. The third-order valence-corrected chi connectivity index (χ3v) is 5.87. The van der Waals surface area contributed by atoms with Crippen molar-refractivity contribution in [1.29, 1.82) is 0 Å². The molecule has 0 spiro atoms. The molecule has 0 unspecified atom stereocenters. The fraction of sp³-hybridized carbons (Fsp3) is 0.824. The summed E-state index contributed by atoms with van der Waals surface area (Å²) in [7, 11) is -3.22. The average Bonchev–Trinajstić information content (AvgIpc) is 2.95. The maximum Gasteiger partial charge on any atom is 0.227 e. The summed E-state index contributed by atoms with van der Waals surface area (Å²) in [4.78, 5) is 14.9. The highest BCUT2D eigenvalue weighted by Gasteiger charge is 2.61. The van der Waals surface area contributed by atoms with Gasteiger partial charge in [-0.15, -0.1) is 0 Å². The summed E-state index contributed by atoms with van der Waals surface area (Å²) in [5.74, 6) is 0.513. The number of allylic oxidation sites excluding steroid dienone is 2. The van der Waals surface area contributed by atoms with Gasteiger partial charge >= 0.3 is 0 Å². The highest BCUT2D eigenvalue weighted by atomic mass is 32.2. The van der Waals surface area contributed by atoms with E-state index in [1.165, 1.54) is 5.57 Å². The van der Waals surface area contributed by atoms with Crippen LogP contribution in [0.25, 0.3) is 0 Å². The number of nitrogens with zero attached hydrogens (tertiary/aromatic N) is 1. The number of carbonyl (C=O) groups is 1. The summed E-state index contributed by atoms with van der Waals surface area (Å²) in [5.41, 5.74) is 1.24. The maximum absolute atomic E-state index is 13.0. The Labute approximate surface area is 140 Å². The molecule has 0 aromatic heterocycles. The molecule has 6 heteroatoms. The number of rotatable bonds is 5. The summed E-state index contributed by atoms with van der Waals surface area (Å²) in [5, 5.41) is 0. The predicted molar refractivity (Wildman–Crippen MR) is 92.4 cm³/mol. The quantitative estimate of drug-likeness (QED) is 0.779. The summed E-state index contributed by atoms with van der Waals surface area (Å²) in [6.07, 6.45) is 6.29. The number of nitrogens with one attached hydrogen (secondary N) is 1. The van der Waals surface area contributed by atoms with Crippen LogP contribution in [0.15, 0.2) is 11.6 Å². The zero-order chi connectivity index (χ0) is 17.4. The topological polar surface area (TPSA) is 66.5 Å². The van der Waals surface area contributed by atoms with E-state index >= 15 is 0 Å². The molecule has 3 atom stereocenters. The number of carbonyl (C=O) groups excluding carboxylic acids is 1. The minimum absolute atomic E-state index is 0.000607. The van der Waals surface area contributed by atoms with Gasteiger partial charge in [-0.1, -0.05) is 25.5 Å². The molecule has 0 bridgehead atoms. The molecule has 1 saturated heterocycles. The van der Waals surface area contributed by atoms with Crippen molar-refractivity contribution in [3.8, 4) is 0 Å². The van der Waals surface area contributed by atoms with Crippen LogP contribution in [0.5, 0.6) is 0 Å². The van der Waals surface area contributed by atoms with E-state index in [9.17, 15) is 13.2 Å². The van der Waals surface area contributed by atoms with E-state index in [2.05, 4.69) is 38.5 Å².